The van der Waals surface area contributed by atoms with Crippen molar-refractivity contribution in [3.05, 3.63) is 34.1 Å². The first-order valence-electron chi connectivity index (χ1n) is 3.52. The van der Waals surface area contributed by atoms with Crippen LogP contribution in [0.5, 0.6) is 0 Å². The second-order valence-electron chi connectivity index (χ2n) is 2.50. The molecule has 0 heterocycles. The van der Waals surface area contributed by atoms with Gasteiger partial charge >= 0.3 is 0 Å². The molecule has 68 valence electrons. The van der Waals surface area contributed by atoms with Crippen LogP contribution in [-0.4, -0.2) is 12.1 Å². The Morgan fingerprint density at radius 3 is 2.62 bits per heavy atom. The molecule has 0 atom stereocenters. The van der Waals surface area contributed by atoms with E-state index in [1.165, 1.54) is 19.1 Å². The van der Waals surface area contributed by atoms with Gasteiger partial charge in [0.25, 0.3) is 0 Å². The Bertz CT molecular complexity index is 374. The molecule has 0 bridgehead atoms. The second kappa shape index (κ2) is 3.66. The SMILES string of the molecule is CC(=O)c1ccc(Cl)c(F)c1C=O. The zero-order valence-corrected chi connectivity index (χ0v) is 7.56. The highest BCUT2D eigenvalue weighted by Gasteiger charge is 2.13. The van der Waals surface area contributed by atoms with Gasteiger partial charge in [0.1, 0.15) is 0 Å². The molecule has 0 saturated heterocycles. The minimum absolute atomic E-state index is 0.0527. The van der Waals surface area contributed by atoms with Crippen LogP contribution in [0.4, 0.5) is 4.39 Å². The first-order valence-corrected chi connectivity index (χ1v) is 3.90. The van der Waals surface area contributed by atoms with Gasteiger partial charge < -0.3 is 0 Å². The number of carbonyl (C=O) groups excluding carboxylic acids is 2. The molecule has 0 saturated carbocycles. The van der Waals surface area contributed by atoms with Crippen molar-refractivity contribution >= 4 is 23.7 Å². The molecule has 0 unspecified atom stereocenters. The van der Waals surface area contributed by atoms with E-state index < -0.39 is 5.82 Å². The van der Waals surface area contributed by atoms with Crippen molar-refractivity contribution in [3.8, 4) is 0 Å². The molecule has 0 fully saturated rings. The summed E-state index contributed by atoms with van der Waals surface area (Å²) in [6.07, 6.45) is 0.290. The number of hydrogen-bond acceptors (Lipinski definition) is 2. The Morgan fingerprint density at radius 2 is 2.15 bits per heavy atom. The molecule has 13 heavy (non-hydrogen) atoms. The highest BCUT2D eigenvalue weighted by Crippen LogP contribution is 2.20. The summed E-state index contributed by atoms with van der Waals surface area (Å²) < 4.78 is 13.1. The summed E-state index contributed by atoms with van der Waals surface area (Å²) in [7, 11) is 0. The number of carbonyl (C=O) groups is 2. The fraction of sp³-hybridized carbons (Fsp3) is 0.111. The number of ketones is 1. The van der Waals surface area contributed by atoms with Crippen LogP contribution in [0.1, 0.15) is 27.6 Å². The van der Waals surface area contributed by atoms with Crippen LogP contribution < -0.4 is 0 Å². The van der Waals surface area contributed by atoms with E-state index in [0.29, 0.717) is 0 Å². The number of Topliss-reactive ketones (excluding diaryl/α,β-unsaturated/α-hetero) is 1. The van der Waals surface area contributed by atoms with Crippen molar-refractivity contribution in [2.45, 2.75) is 6.92 Å². The van der Waals surface area contributed by atoms with Crippen molar-refractivity contribution in [2.24, 2.45) is 0 Å². The topological polar surface area (TPSA) is 34.1 Å². The molecule has 1 rings (SSSR count). The van der Waals surface area contributed by atoms with Crippen molar-refractivity contribution in [1.82, 2.24) is 0 Å². The Balaban J connectivity index is 3.47. The van der Waals surface area contributed by atoms with Gasteiger partial charge in [0.15, 0.2) is 17.9 Å². The molecule has 0 amide bonds. The second-order valence-corrected chi connectivity index (χ2v) is 2.90. The lowest BCUT2D eigenvalue weighted by Crippen LogP contribution is -2.01. The van der Waals surface area contributed by atoms with E-state index in [-0.39, 0.29) is 28.2 Å². The molecule has 0 aliphatic rings. The van der Waals surface area contributed by atoms with Gasteiger partial charge in [-0.15, -0.1) is 0 Å². The maximum atomic E-state index is 13.1. The van der Waals surface area contributed by atoms with Gasteiger partial charge in [-0.25, -0.2) is 4.39 Å². The molecule has 0 aliphatic carbocycles. The molecular weight excluding hydrogens is 195 g/mol. The van der Waals surface area contributed by atoms with E-state index in [9.17, 15) is 14.0 Å². The van der Waals surface area contributed by atoms with Gasteiger partial charge in [0.05, 0.1) is 10.6 Å². The standard InChI is InChI=1S/C9H6ClFO2/c1-5(13)6-2-3-8(10)9(11)7(6)4-12/h2-4H,1H3. The Labute approximate surface area is 79.3 Å². The van der Waals surface area contributed by atoms with E-state index in [1.807, 2.05) is 0 Å². The van der Waals surface area contributed by atoms with Crippen LogP contribution in [0.2, 0.25) is 5.02 Å². The smallest absolute Gasteiger partial charge is 0.160 e. The third-order valence-electron chi connectivity index (χ3n) is 1.63. The van der Waals surface area contributed by atoms with Crippen molar-refractivity contribution < 1.29 is 14.0 Å². The van der Waals surface area contributed by atoms with Gasteiger partial charge in [-0.05, 0) is 19.1 Å². The monoisotopic (exact) mass is 200 g/mol. The lowest BCUT2D eigenvalue weighted by Gasteiger charge is -2.02. The molecule has 0 aliphatic heterocycles. The Hall–Kier alpha value is -1.22. The van der Waals surface area contributed by atoms with Crippen LogP contribution in [0, 0.1) is 5.82 Å². The fourth-order valence-corrected chi connectivity index (χ4v) is 1.15. The third kappa shape index (κ3) is 1.75. The summed E-state index contributed by atoms with van der Waals surface area (Å²) in [5.41, 5.74) is -0.225. The minimum Gasteiger partial charge on any atom is -0.298 e. The number of aldehydes is 1. The zero-order valence-electron chi connectivity index (χ0n) is 6.80. The van der Waals surface area contributed by atoms with Gasteiger partial charge in [-0.1, -0.05) is 11.6 Å². The summed E-state index contributed by atoms with van der Waals surface area (Å²) in [5, 5.41) is -0.160. The van der Waals surface area contributed by atoms with E-state index in [0.717, 1.165) is 0 Å². The molecular formula is C9H6ClFO2. The highest BCUT2D eigenvalue weighted by molar-refractivity contribution is 6.31. The average Bonchev–Trinajstić information content (AvgIpc) is 2.09. The summed E-state index contributed by atoms with van der Waals surface area (Å²) >= 11 is 5.42. The molecule has 0 radical (unpaired) electrons. The van der Waals surface area contributed by atoms with Gasteiger partial charge in [-0.2, -0.15) is 0 Å². The summed E-state index contributed by atoms with van der Waals surface area (Å²) in [4.78, 5) is 21.4. The fourth-order valence-electron chi connectivity index (χ4n) is 0.989. The van der Waals surface area contributed by atoms with Crippen molar-refractivity contribution in [2.75, 3.05) is 0 Å². The van der Waals surface area contributed by atoms with Crippen LogP contribution in [0.3, 0.4) is 0 Å². The predicted octanol–water partition coefficient (Wildman–Crippen LogP) is 2.49. The molecule has 1 aromatic rings. The van der Waals surface area contributed by atoms with E-state index in [4.69, 9.17) is 11.6 Å². The third-order valence-corrected chi connectivity index (χ3v) is 1.92. The average molecular weight is 201 g/mol. The number of hydrogen-bond donors (Lipinski definition) is 0. The largest absolute Gasteiger partial charge is 0.298 e. The number of benzene rings is 1. The lowest BCUT2D eigenvalue weighted by atomic mass is 10.1. The molecule has 4 heteroatoms. The summed E-state index contributed by atoms with van der Waals surface area (Å²) in [6.45, 7) is 1.26. The molecule has 0 aromatic heterocycles. The Kier molecular flexibility index (Phi) is 2.78. The normalized spacial score (nSPS) is 9.77. The lowest BCUT2D eigenvalue weighted by molar-refractivity contribution is 0.100. The quantitative estimate of drug-likeness (QED) is 0.543. The highest BCUT2D eigenvalue weighted by atomic mass is 35.5. The summed E-state index contributed by atoms with van der Waals surface area (Å²) in [5.74, 6) is -1.21. The van der Waals surface area contributed by atoms with E-state index in [2.05, 4.69) is 0 Å². The molecule has 0 spiro atoms. The van der Waals surface area contributed by atoms with Gasteiger partial charge in [0, 0.05) is 5.56 Å². The van der Waals surface area contributed by atoms with E-state index >= 15 is 0 Å². The van der Waals surface area contributed by atoms with Crippen molar-refractivity contribution in [3.63, 3.8) is 0 Å². The summed E-state index contributed by atoms with van der Waals surface area (Å²) in [6, 6.07) is 2.58. The van der Waals surface area contributed by atoms with Crippen LogP contribution >= 0.6 is 11.6 Å². The minimum atomic E-state index is -0.843. The van der Waals surface area contributed by atoms with Gasteiger partial charge in [0.2, 0.25) is 0 Å². The first kappa shape index (κ1) is 9.86. The van der Waals surface area contributed by atoms with Crippen LogP contribution in [0.25, 0.3) is 0 Å². The predicted molar refractivity (Wildman–Crippen MR) is 46.8 cm³/mol. The first-order chi connectivity index (χ1) is 6.07. The van der Waals surface area contributed by atoms with Crippen molar-refractivity contribution in [1.29, 1.82) is 0 Å². The molecule has 0 N–H and O–H groups in total. The van der Waals surface area contributed by atoms with Gasteiger partial charge in [-0.3, -0.25) is 9.59 Å². The Morgan fingerprint density at radius 1 is 1.54 bits per heavy atom. The van der Waals surface area contributed by atoms with Crippen LogP contribution in [-0.2, 0) is 0 Å². The maximum Gasteiger partial charge on any atom is 0.160 e. The molecule has 2 nitrogen and oxygen atoms in total. The number of rotatable bonds is 2. The number of halogens is 2. The zero-order chi connectivity index (χ0) is 10.0. The molecule has 1 aromatic carbocycles. The maximum absolute atomic E-state index is 13.1. The van der Waals surface area contributed by atoms with E-state index in [1.54, 1.807) is 0 Å². The van der Waals surface area contributed by atoms with Crippen LogP contribution in [0.15, 0.2) is 12.1 Å².